The molecule has 0 unspecified atom stereocenters. The third-order valence-corrected chi connectivity index (χ3v) is 4.62. The Labute approximate surface area is 168 Å². The first-order valence-electron chi connectivity index (χ1n) is 8.48. The maximum absolute atomic E-state index is 14.1. The van der Waals surface area contributed by atoms with Crippen LogP contribution in [0.2, 0.25) is 0 Å². The molecule has 28 heavy (non-hydrogen) atoms. The fourth-order valence-electron chi connectivity index (χ4n) is 2.65. The van der Waals surface area contributed by atoms with E-state index in [1.54, 1.807) is 19.1 Å². The Balaban J connectivity index is 1.92. The first kappa shape index (κ1) is 19.9. The monoisotopic (exact) mass is 447 g/mol. The van der Waals surface area contributed by atoms with Gasteiger partial charge in [-0.2, -0.15) is 9.78 Å². The molecular formula is C20H16BrF2N3O2. The molecule has 2 aromatic carbocycles. The lowest BCUT2D eigenvalue weighted by atomic mass is 10.2. The van der Waals surface area contributed by atoms with Gasteiger partial charge in [0.05, 0.1) is 5.69 Å². The lowest BCUT2D eigenvalue weighted by molar-refractivity contribution is 0.0743. The van der Waals surface area contributed by atoms with Crippen molar-refractivity contribution in [1.82, 2.24) is 14.7 Å². The predicted octanol–water partition coefficient (Wildman–Crippen LogP) is 3.94. The number of hydrogen-bond donors (Lipinski definition) is 0. The molecule has 0 N–H and O–H groups in total. The molecule has 1 aromatic heterocycles. The van der Waals surface area contributed by atoms with E-state index in [9.17, 15) is 18.4 Å². The van der Waals surface area contributed by atoms with E-state index in [2.05, 4.69) is 21.0 Å². The molecule has 144 valence electrons. The van der Waals surface area contributed by atoms with Crippen LogP contribution in [-0.2, 0) is 6.54 Å². The average Bonchev–Trinajstić information content (AvgIpc) is 2.69. The average molecular weight is 448 g/mol. The molecule has 0 aliphatic carbocycles. The van der Waals surface area contributed by atoms with Crippen molar-refractivity contribution < 1.29 is 13.6 Å². The SMILES string of the molecule is CCN(Cc1cc(Br)ccc1F)C(=O)c1ccc(=O)n(-c2ccc(F)cc2)n1. The van der Waals surface area contributed by atoms with Crippen molar-refractivity contribution in [2.75, 3.05) is 6.54 Å². The Hall–Kier alpha value is -2.87. The van der Waals surface area contributed by atoms with Crippen LogP contribution in [0.25, 0.3) is 5.69 Å². The molecule has 1 amide bonds. The minimum absolute atomic E-state index is 0.0289. The Morgan fingerprint density at radius 3 is 2.50 bits per heavy atom. The molecule has 3 aromatic rings. The molecule has 8 heteroatoms. The second kappa shape index (κ2) is 8.43. The lowest BCUT2D eigenvalue weighted by Crippen LogP contribution is -2.33. The van der Waals surface area contributed by atoms with Gasteiger partial charge in [0.15, 0.2) is 0 Å². The minimum Gasteiger partial charge on any atom is -0.333 e. The fraction of sp³-hybridized carbons (Fsp3) is 0.150. The number of hydrogen-bond acceptors (Lipinski definition) is 3. The standard InChI is InChI=1S/C20H16BrF2N3O2/c1-2-25(12-13-11-14(21)3-8-17(13)23)20(28)18-9-10-19(27)26(24-18)16-6-4-15(22)5-7-16/h3-11H,2,12H2,1H3. The number of aromatic nitrogens is 2. The second-order valence-corrected chi connectivity index (χ2v) is 6.92. The summed E-state index contributed by atoms with van der Waals surface area (Å²) >= 11 is 3.29. The van der Waals surface area contributed by atoms with Crippen LogP contribution in [0.5, 0.6) is 0 Å². The zero-order valence-corrected chi connectivity index (χ0v) is 16.5. The summed E-state index contributed by atoms with van der Waals surface area (Å²) < 4.78 is 28.9. The quantitative estimate of drug-likeness (QED) is 0.595. The van der Waals surface area contributed by atoms with E-state index in [1.165, 1.54) is 47.4 Å². The van der Waals surface area contributed by atoms with E-state index in [1.807, 2.05) is 0 Å². The van der Waals surface area contributed by atoms with Gasteiger partial charge in [0.1, 0.15) is 17.3 Å². The summed E-state index contributed by atoms with van der Waals surface area (Å²) in [5.41, 5.74) is 0.268. The highest BCUT2D eigenvalue weighted by atomic mass is 79.9. The Morgan fingerprint density at radius 2 is 1.82 bits per heavy atom. The molecular weight excluding hydrogens is 432 g/mol. The van der Waals surface area contributed by atoms with Crippen molar-refractivity contribution in [3.8, 4) is 5.69 Å². The normalized spacial score (nSPS) is 10.7. The third-order valence-electron chi connectivity index (χ3n) is 4.13. The van der Waals surface area contributed by atoms with Gasteiger partial charge in [-0.1, -0.05) is 15.9 Å². The zero-order valence-electron chi connectivity index (χ0n) is 14.9. The van der Waals surface area contributed by atoms with Gasteiger partial charge in [0.25, 0.3) is 11.5 Å². The minimum atomic E-state index is -0.454. The second-order valence-electron chi connectivity index (χ2n) is 6.00. The molecule has 0 bridgehead atoms. The van der Waals surface area contributed by atoms with Crippen molar-refractivity contribution in [1.29, 1.82) is 0 Å². The molecule has 1 heterocycles. The van der Waals surface area contributed by atoms with Crippen LogP contribution in [-0.4, -0.2) is 27.1 Å². The number of nitrogens with zero attached hydrogens (tertiary/aromatic N) is 3. The molecule has 0 fully saturated rings. The predicted molar refractivity (Wildman–Crippen MR) is 104 cm³/mol. The molecule has 0 saturated heterocycles. The van der Waals surface area contributed by atoms with Gasteiger partial charge < -0.3 is 4.90 Å². The smallest absolute Gasteiger partial charge is 0.274 e. The maximum atomic E-state index is 14.1. The van der Waals surface area contributed by atoms with Crippen LogP contribution >= 0.6 is 15.9 Å². The molecule has 3 rings (SSSR count). The summed E-state index contributed by atoms with van der Waals surface area (Å²) in [6.07, 6.45) is 0. The molecule has 0 radical (unpaired) electrons. The van der Waals surface area contributed by atoms with Gasteiger partial charge in [-0.3, -0.25) is 9.59 Å². The fourth-order valence-corrected chi connectivity index (χ4v) is 3.06. The topological polar surface area (TPSA) is 55.2 Å². The van der Waals surface area contributed by atoms with Gasteiger partial charge in [-0.25, -0.2) is 8.78 Å². The van der Waals surface area contributed by atoms with Crippen molar-refractivity contribution >= 4 is 21.8 Å². The highest BCUT2D eigenvalue weighted by Gasteiger charge is 2.19. The van der Waals surface area contributed by atoms with Gasteiger partial charge in [-0.15, -0.1) is 0 Å². The van der Waals surface area contributed by atoms with E-state index < -0.39 is 23.1 Å². The van der Waals surface area contributed by atoms with Crippen molar-refractivity contribution in [2.24, 2.45) is 0 Å². The van der Waals surface area contributed by atoms with Crippen molar-refractivity contribution in [3.05, 3.63) is 92.3 Å². The largest absolute Gasteiger partial charge is 0.333 e. The number of halogens is 3. The number of carbonyl (C=O) groups excluding carboxylic acids is 1. The van der Waals surface area contributed by atoms with E-state index >= 15 is 0 Å². The van der Waals surface area contributed by atoms with Crippen LogP contribution < -0.4 is 5.56 Å². The summed E-state index contributed by atoms with van der Waals surface area (Å²) in [5.74, 6) is -1.31. The lowest BCUT2D eigenvalue weighted by Gasteiger charge is -2.21. The highest BCUT2D eigenvalue weighted by molar-refractivity contribution is 9.10. The molecule has 5 nitrogen and oxygen atoms in total. The summed E-state index contributed by atoms with van der Waals surface area (Å²) in [7, 11) is 0. The Morgan fingerprint density at radius 1 is 1.11 bits per heavy atom. The van der Waals surface area contributed by atoms with E-state index in [0.717, 1.165) is 4.68 Å². The highest BCUT2D eigenvalue weighted by Crippen LogP contribution is 2.18. The molecule has 0 aliphatic rings. The molecule has 0 spiro atoms. The molecule has 0 aliphatic heterocycles. The zero-order chi connectivity index (χ0) is 20.3. The Bertz CT molecular complexity index is 1070. The van der Waals surface area contributed by atoms with E-state index in [4.69, 9.17) is 0 Å². The van der Waals surface area contributed by atoms with Crippen LogP contribution in [0.4, 0.5) is 8.78 Å². The van der Waals surface area contributed by atoms with Gasteiger partial charge >= 0.3 is 0 Å². The van der Waals surface area contributed by atoms with E-state index in [0.29, 0.717) is 22.3 Å². The summed E-state index contributed by atoms with van der Waals surface area (Å²) in [6.45, 7) is 2.14. The van der Waals surface area contributed by atoms with Crippen molar-refractivity contribution in [2.45, 2.75) is 13.5 Å². The van der Waals surface area contributed by atoms with Gasteiger partial charge in [0, 0.05) is 29.2 Å². The maximum Gasteiger partial charge on any atom is 0.274 e. The summed E-state index contributed by atoms with van der Waals surface area (Å²) in [4.78, 5) is 26.4. The number of rotatable bonds is 5. The molecule has 0 atom stereocenters. The number of carbonyl (C=O) groups is 1. The third kappa shape index (κ3) is 4.33. The summed E-state index contributed by atoms with van der Waals surface area (Å²) in [6, 6.07) is 12.2. The summed E-state index contributed by atoms with van der Waals surface area (Å²) in [5, 5.41) is 4.11. The first-order valence-corrected chi connectivity index (χ1v) is 9.28. The number of amides is 1. The molecule has 0 saturated carbocycles. The van der Waals surface area contributed by atoms with Crippen LogP contribution in [0, 0.1) is 11.6 Å². The number of benzene rings is 2. The van der Waals surface area contributed by atoms with Crippen LogP contribution in [0.1, 0.15) is 23.0 Å². The van der Waals surface area contributed by atoms with Crippen molar-refractivity contribution in [3.63, 3.8) is 0 Å². The first-order chi connectivity index (χ1) is 13.4. The van der Waals surface area contributed by atoms with Crippen LogP contribution in [0.15, 0.2) is 63.9 Å². The van der Waals surface area contributed by atoms with Gasteiger partial charge in [-0.05, 0) is 55.5 Å². The Kier molecular flexibility index (Phi) is 5.99. The van der Waals surface area contributed by atoms with Crippen LogP contribution in [0.3, 0.4) is 0 Å². The van der Waals surface area contributed by atoms with Gasteiger partial charge in [0.2, 0.25) is 0 Å². The van der Waals surface area contributed by atoms with E-state index in [-0.39, 0.29) is 12.2 Å².